The highest BCUT2D eigenvalue weighted by Gasteiger charge is 2.61. The average molecular weight is 369 g/mol. The van der Waals surface area contributed by atoms with Crippen molar-refractivity contribution >= 4 is 21.7 Å². The molecule has 0 heterocycles. The van der Waals surface area contributed by atoms with E-state index in [2.05, 4.69) is 29.8 Å². The van der Waals surface area contributed by atoms with E-state index in [9.17, 15) is 9.90 Å². The lowest BCUT2D eigenvalue weighted by atomic mass is 9.45. The normalized spacial score (nSPS) is 57.9. The number of rotatable bonds is 0. The van der Waals surface area contributed by atoms with Crippen molar-refractivity contribution < 1.29 is 9.90 Å². The van der Waals surface area contributed by atoms with Crippen LogP contribution in [0.5, 0.6) is 0 Å². The summed E-state index contributed by atoms with van der Waals surface area (Å²) >= 11 is 3.65. The van der Waals surface area contributed by atoms with E-state index in [1.807, 2.05) is 0 Å². The van der Waals surface area contributed by atoms with Crippen LogP contribution < -0.4 is 0 Å². The second kappa shape index (κ2) is 5.05. The number of ketones is 1. The minimum atomic E-state index is -0.0662. The minimum Gasteiger partial charge on any atom is -0.393 e. The Morgan fingerprint density at radius 3 is 2.59 bits per heavy atom. The zero-order valence-corrected chi connectivity index (χ0v) is 15.4. The van der Waals surface area contributed by atoms with E-state index >= 15 is 0 Å². The Hall–Kier alpha value is 0.110. The summed E-state index contributed by atoms with van der Waals surface area (Å²) in [5.74, 6) is 3.29. The van der Waals surface area contributed by atoms with Crippen LogP contribution in [0, 0.1) is 34.5 Å². The number of hydrogen-bond acceptors (Lipinski definition) is 2. The van der Waals surface area contributed by atoms with Gasteiger partial charge in [-0.15, -0.1) is 0 Å². The number of fused-ring (bicyclic) bond motifs is 5. The van der Waals surface area contributed by atoms with Crippen LogP contribution in [0.1, 0.15) is 65.2 Å². The van der Waals surface area contributed by atoms with Gasteiger partial charge in [-0.3, -0.25) is 4.79 Å². The van der Waals surface area contributed by atoms with Gasteiger partial charge in [0.2, 0.25) is 0 Å². The summed E-state index contributed by atoms with van der Waals surface area (Å²) in [7, 11) is 0. The molecule has 0 bridgehead atoms. The smallest absolute Gasteiger partial charge is 0.152 e. The maximum absolute atomic E-state index is 12.7. The summed E-state index contributed by atoms with van der Waals surface area (Å²) in [5.41, 5.74) is 0.351. The Bertz CT molecular complexity index is 492. The minimum absolute atomic E-state index is 0.0628. The van der Waals surface area contributed by atoms with E-state index in [4.69, 9.17) is 0 Å². The summed E-state index contributed by atoms with van der Waals surface area (Å²) in [6.45, 7) is 4.75. The van der Waals surface area contributed by atoms with Crippen molar-refractivity contribution in [3.63, 3.8) is 0 Å². The first kappa shape index (κ1) is 15.6. The van der Waals surface area contributed by atoms with Crippen molar-refractivity contribution in [1.29, 1.82) is 0 Å². The molecule has 4 aliphatic carbocycles. The van der Waals surface area contributed by atoms with Crippen LogP contribution in [-0.4, -0.2) is 21.8 Å². The molecule has 3 heteroatoms. The number of carbonyl (C=O) groups is 1. The van der Waals surface area contributed by atoms with Crippen LogP contribution in [0.2, 0.25) is 0 Å². The number of Topliss-reactive ketones (excluding diaryl/α,β-unsaturated/α-hetero) is 1. The van der Waals surface area contributed by atoms with Crippen LogP contribution >= 0.6 is 15.9 Å². The standard InChI is InChI=1S/C19H29BrO2/c1-18-7-5-12(21)9-11(18)3-4-13-14(18)6-8-19(2)15(13)10-16(20)17(19)22/h11-16,21H,3-10H2,1-2H3/t11-,12+,13+,14-,15-,16-,18-,19-/m0/s1. The fraction of sp³-hybridized carbons (Fsp3) is 0.947. The van der Waals surface area contributed by atoms with Crippen molar-refractivity contribution in [3.8, 4) is 0 Å². The van der Waals surface area contributed by atoms with Crippen molar-refractivity contribution in [3.05, 3.63) is 0 Å². The van der Waals surface area contributed by atoms with Crippen LogP contribution in [0.15, 0.2) is 0 Å². The van der Waals surface area contributed by atoms with Crippen molar-refractivity contribution in [2.45, 2.75) is 76.1 Å². The molecule has 22 heavy (non-hydrogen) atoms. The molecule has 0 unspecified atom stereocenters. The molecule has 8 atom stereocenters. The number of halogens is 1. The maximum atomic E-state index is 12.7. The second-order valence-electron chi connectivity index (χ2n) is 9.11. The van der Waals surface area contributed by atoms with Crippen molar-refractivity contribution in [2.75, 3.05) is 0 Å². The maximum Gasteiger partial charge on any atom is 0.152 e. The van der Waals surface area contributed by atoms with Crippen molar-refractivity contribution in [1.82, 2.24) is 0 Å². The SMILES string of the molecule is C[C@]12CC[C@@H](O)C[C@@H]1CC[C@@H]1[C@@H]2CC[C@]2(C)C(=O)[C@@H](Br)C[C@@H]12. The Labute approximate surface area is 142 Å². The molecule has 4 fully saturated rings. The number of alkyl halides is 1. The first-order chi connectivity index (χ1) is 10.4. The Balaban J connectivity index is 1.64. The third-order valence-corrected chi connectivity index (χ3v) is 9.13. The van der Waals surface area contributed by atoms with Gasteiger partial charge in [-0.1, -0.05) is 29.8 Å². The predicted octanol–water partition coefficient (Wildman–Crippen LogP) is 4.33. The molecule has 0 amide bonds. The molecule has 1 N–H and O–H groups in total. The zero-order valence-electron chi connectivity index (χ0n) is 13.9. The number of carbonyl (C=O) groups excluding carboxylic acids is 1. The van der Waals surface area contributed by atoms with E-state index in [0.29, 0.717) is 23.0 Å². The van der Waals surface area contributed by atoms with Gasteiger partial charge in [0.15, 0.2) is 5.78 Å². The first-order valence-electron chi connectivity index (χ1n) is 9.23. The Morgan fingerprint density at radius 2 is 1.82 bits per heavy atom. The molecule has 4 saturated carbocycles. The average Bonchev–Trinajstić information content (AvgIpc) is 2.72. The summed E-state index contributed by atoms with van der Waals surface area (Å²) in [6, 6.07) is 0. The number of hydrogen-bond donors (Lipinski definition) is 1. The van der Waals surface area contributed by atoms with Gasteiger partial charge in [-0.25, -0.2) is 0 Å². The molecule has 0 aromatic rings. The number of aliphatic hydroxyl groups excluding tert-OH is 1. The molecule has 0 spiro atoms. The van der Waals surface area contributed by atoms with Gasteiger partial charge in [0.25, 0.3) is 0 Å². The number of aliphatic hydroxyl groups is 1. The third kappa shape index (κ3) is 1.97. The van der Waals surface area contributed by atoms with E-state index in [-0.39, 0.29) is 16.3 Å². The van der Waals surface area contributed by atoms with E-state index in [1.54, 1.807) is 0 Å². The third-order valence-electron chi connectivity index (χ3n) is 8.34. The predicted molar refractivity (Wildman–Crippen MR) is 90.8 cm³/mol. The van der Waals surface area contributed by atoms with Gasteiger partial charge in [0.1, 0.15) is 0 Å². The van der Waals surface area contributed by atoms with Gasteiger partial charge < -0.3 is 5.11 Å². The highest BCUT2D eigenvalue weighted by atomic mass is 79.9. The second-order valence-corrected chi connectivity index (χ2v) is 10.2. The molecule has 2 nitrogen and oxygen atoms in total. The largest absolute Gasteiger partial charge is 0.393 e. The lowest BCUT2D eigenvalue weighted by Crippen LogP contribution is -2.54. The van der Waals surface area contributed by atoms with Crippen LogP contribution in [-0.2, 0) is 4.79 Å². The van der Waals surface area contributed by atoms with Gasteiger partial charge >= 0.3 is 0 Å². The summed E-state index contributed by atoms with van der Waals surface area (Å²) in [5, 5.41) is 10.1. The van der Waals surface area contributed by atoms with E-state index in [0.717, 1.165) is 37.5 Å². The lowest BCUT2D eigenvalue weighted by Gasteiger charge is -2.60. The lowest BCUT2D eigenvalue weighted by molar-refractivity contribution is -0.142. The molecular formula is C19H29BrO2. The Kier molecular flexibility index (Phi) is 3.59. The molecule has 0 aromatic carbocycles. The van der Waals surface area contributed by atoms with Gasteiger partial charge in [-0.2, -0.15) is 0 Å². The van der Waals surface area contributed by atoms with Gasteiger partial charge in [-0.05, 0) is 80.5 Å². The van der Waals surface area contributed by atoms with E-state index < -0.39 is 0 Å². The summed E-state index contributed by atoms with van der Waals surface area (Å²) < 4.78 is 0. The Morgan fingerprint density at radius 1 is 1.05 bits per heavy atom. The first-order valence-corrected chi connectivity index (χ1v) is 10.1. The van der Waals surface area contributed by atoms with Crippen LogP contribution in [0.4, 0.5) is 0 Å². The fourth-order valence-electron chi connectivity index (χ4n) is 6.98. The summed E-state index contributed by atoms with van der Waals surface area (Å²) in [6.07, 6.45) is 9.04. The fourth-order valence-corrected chi connectivity index (χ4v) is 7.91. The molecule has 0 saturated heterocycles. The van der Waals surface area contributed by atoms with Crippen LogP contribution in [0.3, 0.4) is 0 Å². The molecular weight excluding hydrogens is 340 g/mol. The highest BCUT2D eigenvalue weighted by Crippen LogP contribution is 2.65. The van der Waals surface area contributed by atoms with Crippen LogP contribution in [0.25, 0.3) is 0 Å². The molecule has 124 valence electrons. The zero-order chi connectivity index (χ0) is 15.7. The van der Waals surface area contributed by atoms with Crippen molar-refractivity contribution in [2.24, 2.45) is 34.5 Å². The van der Waals surface area contributed by atoms with Gasteiger partial charge in [0.05, 0.1) is 10.9 Å². The molecule has 4 rings (SSSR count). The quantitative estimate of drug-likeness (QED) is 0.646. The molecule has 4 aliphatic rings. The molecule has 0 radical (unpaired) electrons. The molecule has 0 aliphatic heterocycles. The molecule has 0 aromatic heterocycles. The monoisotopic (exact) mass is 368 g/mol. The highest BCUT2D eigenvalue weighted by molar-refractivity contribution is 9.10. The van der Waals surface area contributed by atoms with Gasteiger partial charge in [0, 0.05) is 5.41 Å². The topological polar surface area (TPSA) is 37.3 Å². The summed E-state index contributed by atoms with van der Waals surface area (Å²) in [4.78, 5) is 12.8. The van der Waals surface area contributed by atoms with E-state index in [1.165, 1.54) is 25.7 Å².